The fraction of sp³-hybridized carbons (Fsp3) is 0.0833. The topological polar surface area (TPSA) is 111 Å². The zero-order chi connectivity index (χ0) is 14.7. The molecule has 0 atom stereocenters. The van der Waals surface area contributed by atoms with E-state index in [0.29, 0.717) is 0 Å². The Morgan fingerprint density at radius 1 is 1.50 bits per heavy atom. The van der Waals surface area contributed by atoms with Gasteiger partial charge in [-0.15, -0.1) is 0 Å². The maximum Gasteiger partial charge on any atom is 0.311 e. The van der Waals surface area contributed by atoms with E-state index in [2.05, 4.69) is 4.98 Å². The number of aromatic nitrogens is 2. The average molecular weight is 272 g/mol. The molecule has 0 bridgehead atoms. The predicted octanol–water partition coefficient (Wildman–Crippen LogP) is 1.02. The van der Waals surface area contributed by atoms with Gasteiger partial charge in [0.15, 0.2) is 5.56 Å². The molecule has 0 aliphatic rings. The molecular weight excluding hydrogens is 264 g/mol. The van der Waals surface area contributed by atoms with Crippen LogP contribution in [0.4, 0.5) is 5.69 Å². The number of hydrogen-bond acceptors (Lipinski definition) is 6. The molecule has 0 unspecified atom stereocenters. The number of ether oxygens (including phenoxy) is 1. The first kappa shape index (κ1) is 13.2. The molecule has 0 saturated carbocycles. The van der Waals surface area contributed by atoms with Gasteiger partial charge in [-0.3, -0.25) is 24.5 Å². The second kappa shape index (κ2) is 5.19. The van der Waals surface area contributed by atoms with Crippen molar-refractivity contribution in [2.75, 3.05) is 7.11 Å². The third kappa shape index (κ3) is 2.08. The Hall–Kier alpha value is -3.21. The standard InChI is InChI=1S/C12H8N4O4/c1-20-11-3-5-15(12(17)8(11)6-13)9-2-4-14-7-10(9)16(18)19/h2-5,7H,1H3. The average Bonchev–Trinajstić information content (AvgIpc) is 2.46. The lowest BCUT2D eigenvalue weighted by Gasteiger charge is -2.08. The number of methoxy groups -OCH3 is 1. The Morgan fingerprint density at radius 3 is 2.85 bits per heavy atom. The fourth-order valence-corrected chi connectivity index (χ4v) is 1.70. The normalized spacial score (nSPS) is 9.80. The molecule has 2 heterocycles. The Labute approximate surface area is 112 Å². The van der Waals surface area contributed by atoms with E-state index in [9.17, 15) is 14.9 Å². The van der Waals surface area contributed by atoms with Gasteiger partial charge in [0.1, 0.15) is 23.7 Å². The summed E-state index contributed by atoms with van der Waals surface area (Å²) in [6, 6.07) is 4.45. The van der Waals surface area contributed by atoms with Crippen molar-refractivity contribution in [2.45, 2.75) is 0 Å². The van der Waals surface area contributed by atoms with E-state index < -0.39 is 10.5 Å². The maximum absolute atomic E-state index is 12.2. The molecular formula is C12H8N4O4. The van der Waals surface area contributed by atoms with Crippen LogP contribution >= 0.6 is 0 Å². The number of nitro groups is 1. The van der Waals surface area contributed by atoms with Gasteiger partial charge in [0.25, 0.3) is 5.56 Å². The van der Waals surface area contributed by atoms with E-state index >= 15 is 0 Å². The number of rotatable bonds is 3. The lowest BCUT2D eigenvalue weighted by Crippen LogP contribution is -2.21. The van der Waals surface area contributed by atoms with Crippen molar-refractivity contribution in [2.24, 2.45) is 0 Å². The maximum atomic E-state index is 12.2. The summed E-state index contributed by atoms with van der Waals surface area (Å²) in [6.45, 7) is 0. The minimum atomic E-state index is -0.693. The molecule has 0 aliphatic heterocycles. The second-order valence-electron chi connectivity index (χ2n) is 3.67. The molecule has 0 aliphatic carbocycles. The third-order valence-electron chi connectivity index (χ3n) is 2.62. The van der Waals surface area contributed by atoms with Crippen molar-refractivity contribution in [1.82, 2.24) is 9.55 Å². The van der Waals surface area contributed by atoms with Crippen molar-refractivity contribution in [1.29, 1.82) is 5.26 Å². The molecule has 0 fully saturated rings. The van der Waals surface area contributed by atoms with Crippen LogP contribution in [-0.2, 0) is 0 Å². The van der Waals surface area contributed by atoms with Crippen LogP contribution in [0.25, 0.3) is 5.69 Å². The van der Waals surface area contributed by atoms with E-state index in [1.165, 1.54) is 31.6 Å². The Bertz CT molecular complexity index is 776. The van der Waals surface area contributed by atoms with Crippen molar-refractivity contribution < 1.29 is 9.66 Å². The molecule has 0 amide bonds. The van der Waals surface area contributed by atoms with Gasteiger partial charge in [0.05, 0.1) is 12.0 Å². The number of hydrogen-bond donors (Lipinski definition) is 0. The number of pyridine rings is 2. The summed E-state index contributed by atoms with van der Waals surface area (Å²) in [5.41, 5.74) is -1.21. The zero-order valence-electron chi connectivity index (χ0n) is 10.3. The van der Waals surface area contributed by atoms with E-state index in [-0.39, 0.29) is 22.7 Å². The summed E-state index contributed by atoms with van der Waals surface area (Å²) in [7, 11) is 1.33. The molecule has 8 nitrogen and oxygen atoms in total. The quantitative estimate of drug-likeness (QED) is 0.609. The highest BCUT2D eigenvalue weighted by Crippen LogP contribution is 2.21. The van der Waals surface area contributed by atoms with Gasteiger partial charge in [-0.1, -0.05) is 0 Å². The van der Waals surface area contributed by atoms with Gasteiger partial charge in [-0.2, -0.15) is 5.26 Å². The Balaban J connectivity index is 2.76. The van der Waals surface area contributed by atoms with Gasteiger partial charge in [-0.25, -0.2) is 0 Å². The highest BCUT2D eigenvalue weighted by atomic mass is 16.6. The second-order valence-corrected chi connectivity index (χ2v) is 3.67. The van der Waals surface area contributed by atoms with Gasteiger partial charge in [-0.05, 0) is 12.1 Å². The Kier molecular flexibility index (Phi) is 3.43. The van der Waals surface area contributed by atoms with Crippen LogP contribution in [0.1, 0.15) is 5.56 Å². The molecule has 0 spiro atoms. The van der Waals surface area contributed by atoms with Gasteiger partial charge in [0, 0.05) is 12.4 Å². The van der Waals surface area contributed by atoms with Gasteiger partial charge >= 0.3 is 5.69 Å². The van der Waals surface area contributed by atoms with Crippen LogP contribution in [0.5, 0.6) is 5.75 Å². The monoisotopic (exact) mass is 272 g/mol. The lowest BCUT2D eigenvalue weighted by molar-refractivity contribution is -0.384. The molecule has 2 rings (SSSR count). The summed E-state index contributed by atoms with van der Waals surface area (Å²) >= 11 is 0. The van der Waals surface area contributed by atoms with Crippen LogP contribution in [0, 0.1) is 21.4 Å². The minimum absolute atomic E-state index is 0.0363. The van der Waals surface area contributed by atoms with Gasteiger partial charge in [0.2, 0.25) is 0 Å². The molecule has 2 aromatic heterocycles. The Morgan fingerprint density at radius 2 is 2.25 bits per heavy atom. The molecule has 0 saturated heterocycles. The first-order chi connectivity index (χ1) is 9.60. The third-order valence-corrected chi connectivity index (χ3v) is 2.62. The molecule has 2 aromatic rings. The predicted molar refractivity (Wildman–Crippen MR) is 67.8 cm³/mol. The van der Waals surface area contributed by atoms with Crippen LogP contribution in [0.2, 0.25) is 0 Å². The van der Waals surface area contributed by atoms with Crippen LogP contribution in [0.15, 0.2) is 35.5 Å². The van der Waals surface area contributed by atoms with E-state index in [1.807, 2.05) is 0 Å². The van der Waals surface area contributed by atoms with Crippen LogP contribution < -0.4 is 10.3 Å². The van der Waals surface area contributed by atoms with E-state index in [4.69, 9.17) is 10.00 Å². The largest absolute Gasteiger partial charge is 0.495 e. The molecule has 0 aromatic carbocycles. The first-order valence-electron chi connectivity index (χ1n) is 5.38. The molecule has 8 heteroatoms. The lowest BCUT2D eigenvalue weighted by atomic mass is 10.2. The van der Waals surface area contributed by atoms with E-state index in [0.717, 1.165) is 10.8 Å². The molecule has 0 radical (unpaired) electrons. The first-order valence-corrected chi connectivity index (χ1v) is 5.38. The summed E-state index contributed by atoms with van der Waals surface area (Å²) < 4.78 is 5.92. The summed E-state index contributed by atoms with van der Waals surface area (Å²) in [5, 5.41) is 19.9. The van der Waals surface area contributed by atoms with E-state index in [1.54, 1.807) is 6.07 Å². The highest BCUT2D eigenvalue weighted by molar-refractivity contribution is 5.52. The van der Waals surface area contributed by atoms with Crippen molar-refractivity contribution >= 4 is 5.69 Å². The SMILES string of the molecule is COc1ccn(-c2ccncc2[N+](=O)[O-])c(=O)c1C#N. The zero-order valence-corrected chi connectivity index (χ0v) is 10.3. The minimum Gasteiger partial charge on any atom is -0.495 e. The fourth-order valence-electron chi connectivity index (χ4n) is 1.70. The van der Waals surface area contributed by atoms with Crippen molar-refractivity contribution in [3.63, 3.8) is 0 Å². The molecule has 100 valence electrons. The van der Waals surface area contributed by atoms with Gasteiger partial charge < -0.3 is 4.74 Å². The smallest absolute Gasteiger partial charge is 0.311 e. The number of nitrogens with zero attached hydrogens (tertiary/aromatic N) is 4. The molecule has 20 heavy (non-hydrogen) atoms. The van der Waals surface area contributed by atoms with Crippen LogP contribution in [0.3, 0.4) is 0 Å². The van der Waals surface area contributed by atoms with Crippen molar-refractivity contribution in [3.8, 4) is 17.5 Å². The van der Waals surface area contributed by atoms with Crippen molar-refractivity contribution in [3.05, 3.63) is 56.8 Å². The summed E-state index contributed by atoms with van der Waals surface area (Å²) in [6.07, 6.45) is 3.67. The summed E-state index contributed by atoms with van der Waals surface area (Å²) in [4.78, 5) is 26.1. The van der Waals surface area contributed by atoms with Crippen LogP contribution in [-0.4, -0.2) is 21.6 Å². The molecule has 0 N–H and O–H groups in total. The summed E-state index contributed by atoms with van der Waals surface area (Å²) in [5.74, 6) is 0.116. The highest BCUT2D eigenvalue weighted by Gasteiger charge is 2.18. The number of nitriles is 1.